The number of esters is 1. The molecule has 6 N–H and O–H groups in total. The van der Waals surface area contributed by atoms with E-state index in [1.165, 1.54) is 24.3 Å². The maximum absolute atomic E-state index is 13.2. The molecule has 282 valence electrons. The first-order chi connectivity index (χ1) is 25.0. The number of rotatable bonds is 16. The zero-order valence-corrected chi connectivity index (χ0v) is 30.5. The Morgan fingerprint density at radius 3 is 1.75 bits per heavy atom. The van der Waals surface area contributed by atoms with E-state index in [0.717, 1.165) is 0 Å². The standard InChI is InChI=1S/C36H39Cl2N5O10/c1-36(2,3)53-35(51)43-27(17-22-12-14-23(15-13-22)52-34(50)31-24(37)10-7-11-25(31)38)33(49)40-18-28(44)39-19-29(45)42-26(32(48)41-20-30(46)47)16-21-8-5-4-6-9-21/h4-15,26-27H,16-20H2,1-3H3,(H,39,44)(H,40,49)(H,41,48)(H,42,45)(H,43,51)(H,46,47)/t26-,27-/m0/s1. The molecule has 0 saturated carbocycles. The van der Waals surface area contributed by atoms with Crippen molar-refractivity contribution in [2.24, 2.45) is 0 Å². The number of hydrogen-bond donors (Lipinski definition) is 6. The molecule has 15 nitrogen and oxygen atoms in total. The third-order valence-corrected chi connectivity index (χ3v) is 7.60. The summed E-state index contributed by atoms with van der Waals surface area (Å²) in [6, 6.07) is 17.0. The van der Waals surface area contributed by atoms with Gasteiger partial charge in [0.15, 0.2) is 0 Å². The minimum absolute atomic E-state index is 0.00416. The summed E-state index contributed by atoms with van der Waals surface area (Å²) >= 11 is 12.2. The number of carbonyl (C=O) groups is 7. The molecule has 2 atom stereocenters. The summed E-state index contributed by atoms with van der Waals surface area (Å²) in [6.45, 7) is 3.14. The van der Waals surface area contributed by atoms with Gasteiger partial charge in [0.05, 0.1) is 28.7 Å². The fourth-order valence-corrected chi connectivity index (χ4v) is 5.11. The highest BCUT2D eigenvalue weighted by atomic mass is 35.5. The number of halogens is 2. The van der Waals surface area contributed by atoms with E-state index in [-0.39, 0.29) is 34.2 Å². The van der Waals surface area contributed by atoms with Gasteiger partial charge in [0, 0.05) is 12.8 Å². The van der Waals surface area contributed by atoms with Crippen molar-refractivity contribution >= 4 is 64.9 Å². The maximum atomic E-state index is 13.2. The zero-order chi connectivity index (χ0) is 39.1. The Hall–Kier alpha value is -5.67. The number of benzene rings is 3. The lowest BCUT2D eigenvalue weighted by Gasteiger charge is -2.23. The molecule has 0 spiro atoms. The lowest BCUT2D eigenvalue weighted by Crippen LogP contribution is -2.53. The summed E-state index contributed by atoms with van der Waals surface area (Å²) in [4.78, 5) is 87.2. The van der Waals surface area contributed by atoms with Crippen molar-refractivity contribution in [2.45, 2.75) is 51.3 Å². The van der Waals surface area contributed by atoms with E-state index in [0.29, 0.717) is 11.1 Å². The van der Waals surface area contributed by atoms with Crippen molar-refractivity contribution in [3.05, 3.63) is 99.5 Å². The number of amides is 5. The van der Waals surface area contributed by atoms with Crippen LogP contribution in [0.2, 0.25) is 10.0 Å². The molecule has 0 saturated heterocycles. The van der Waals surface area contributed by atoms with Gasteiger partial charge in [-0.1, -0.05) is 71.7 Å². The number of aliphatic carboxylic acids is 1. The Labute approximate surface area is 315 Å². The van der Waals surface area contributed by atoms with Crippen molar-refractivity contribution in [2.75, 3.05) is 19.6 Å². The fourth-order valence-electron chi connectivity index (χ4n) is 4.56. The van der Waals surface area contributed by atoms with E-state index in [4.69, 9.17) is 37.8 Å². The van der Waals surface area contributed by atoms with Crippen LogP contribution in [0.4, 0.5) is 4.79 Å². The molecule has 3 aromatic rings. The number of carboxylic acids is 1. The highest BCUT2D eigenvalue weighted by Gasteiger charge is 2.26. The molecule has 0 heterocycles. The van der Waals surface area contributed by atoms with Gasteiger partial charge in [0.2, 0.25) is 23.6 Å². The van der Waals surface area contributed by atoms with Gasteiger partial charge >= 0.3 is 18.0 Å². The predicted octanol–water partition coefficient (Wildman–Crippen LogP) is 2.81. The fraction of sp³-hybridized carbons (Fsp3) is 0.306. The Balaban J connectivity index is 1.59. The summed E-state index contributed by atoms with van der Waals surface area (Å²) in [6.07, 6.45) is -0.899. The van der Waals surface area contributed by atoms with Crippen LogP contribution in [0.15, 0.2) is 72.8 Å². The molecule has 3 rings (SSSR count). The minimum Gasteiger partial charge on any atom is -0.480 e. The van der Waals surface area contributed by atoms with E-state index in [2.05, 4.69) is 26.6 Å². The maximum Gasteiger partial charge on any atom is 0.408 e. The normalized spacial score (nSPS) is 11.9. The number of alkyl carbamates (subject to hydrolysis) is 1. The van der Waals surface area contributed by atoms with Gasteiger partial charge in [-0.05, 0) is 56.2 Å². The molecule has 0 aliphatic rings. The topological polar surface area (TPSA) is 218 Å². The molecule has 3 aromatic carbocycles. The first kappa shape index (κ1) is 41.7. The second-order valence-electron chi connectivity index (χ2n) is 12.4. The van der Waals surface area contributed by atoms with Gasteiger partial charge in [-0.15, -0.1) is 0 Å². The highest BCUT2D eigenvalue weighted by Crippen LogP contribution is 2.26. The van der Waals surface area contributed by atoms with Gasteiger partial charge in [-0.25, -0.2) is 9.59 Å². The van der Waals surface area contributed by atoms with E-state index < -0.39 is 79.0 Å². The summed E-state index contributed by atoms with van der Waals surface area (Å²) in [5.74, 6) is -4.88. The quantitative estimate of drug-likeness (QED) is 0.0924. The molecule has 0 aliphatic carbocycles. The first-order valence-corrected chi connectivity index (χ1v) is 16.9. The molecule has 0 aromatic heterocycles. The zero-order valence-electron chi connectivity index (χ0n) is 29.0. The molecular formula is C36H39Cl2N5O10. The molecule has 0 radical (unpaired) electrons. The third kappa shape index (κ3) is 14.8. The van der Waals surface area contributed by atoms with Gasteiger partial charge in [0.1, 0.15) is 30.0 Å². The molecule has 0 fully saturated rings. The lowest BCUT2D eigenvalue weighted by molar-refractivity contribution is -0.138. The summed E-state index contributed by atoms with van der Waals surface area (Å²) in [7, 11) is 0. The van der Waals surface area contributed by atoms with Gasteiger partial charge in [0.25, 0.3) is 0 Å². The number of ether oxygens (including phenoxy) is 2. The Morgan fingerprint density at radius 2 is 1.19 bits per heavy atom. The number of hydrogen-bond acceptors (Lipinski definition) is 9. The predicted molar refractivity (Wildman–Crippen MR) is 193 cm³/mol. The number of carbonyl (C=O) groups excluding carboxylic acids is 6. The molecule has 0 unspecified atom stereocenters. The van der Waals surface area contributed by atoms with E-state index >= 15 is 0 Å². The average Bonchev–Trinajstić information content (AvgIpc) is 3.08. The van der Waals surface area contributed by atoms with Crippen LogP contribution in [-0.2, 0) is 41.6 Å². The van der Waals surface area contributed by atoms with Crippen LogP contribution in [0.1, 0.15) is 42.3 Å². The number of nitrogens with one attached hydrogen (secondary N) is 5. The largest absolute Gasteiger partial charge is 0.480 e. The van der Waals surface area contributed by atoms with E-state index in [1.54, 1.807) is 69.3 Å². The van der Waals surface area contributed by atoms with Gasteiger partial charge < -0.3 is 41.2 Å². The van der Waals surface area contributed by atoms with Crippen molar-refractivity contribution in [1.29, 1.82) is 0 Å². The van der Waals surface area contributed by atoms with Crippen molar-refractivity contribution in [3.8, 4) is 5.75 Å². The van der Waals surface area contributed by atoms with E-state index in [9.17, 15) is 33.6 Å². The van der Waals surface area contributed by atoms with Crippen LogP contribution in [0, 0.1) is 0 Å². The number of carboxylic acid groups (broad SMARTS) is 1. The molecule has 5 amide bonds. The van der Waals surface area contributed by atoms with Gasteiger partial charge in [-0.3, -0.25) is 24.0 Å². The van der Waals surface area contributed by atoms with Crippen LogP contribution in [-0.4, -0.2) is 84.1 Å². The van der Waals surface area contributed by atoms with Crippen LogP contribution >= 0.6 is 23.2 Å². The monoisotopic (exact) mass is 771 g/mol. The smallest absolute Gasteiger partial charge is 0.408 e. The van der Waals surface area contributed by atoms with Crippen LogP contribution in [0.5, 0.6) is 5.75 Å². The summed E-state index contributed by atoms with van der Waals surface area (Å²) in [5.41, 5.74) is 0.354. The van der Waals surface area contributed by atoms with Crippen LogP contribution < -0.4 is 31.3 Å². The van der Waals surface area contributed by atoms with Gasteiger partial charge in [-0.2, -0.15) is 0 Å². The van der Waals surface area contributed by atoms with E-state index in [1.807, 2.05) is 0 Å². The SMILES string of the molecule is CC(C)(C)OC(=O)N[C@@H](Cc1ccc(OC(=O)c2c(Cl)cccc2Cl)cc1)C(=O)NCC(=O)NCC(=O)N[C@@H](Cc1ccccc1)C(=O)NCC(=O)O. The van der Waals surface area contributed by atoms with Crippen LogP contribution in [0.25, 0.3) is 0 Å². The summed E-state index contributed by atoms with van der Waals surface area (Å²) < 4.78 is 10.7. The third-order valence-electron chi connectivity index (χ3n) is 6.97. The van der Waals surface area contributed by atoms with Crippen molar-refractivity contribution < 1.29 is 48.1 Å². The Bertz CT molecular complexity index is 1780. The lowest BCUT2D eigenvalue weighted by atomic mass is 10.0. The average molecular weight is 773 g/mol. The molecule has 0 aliphatic heterocycles. The molecule has 53 heavy (non-hydrogen) atoms. The Morgan fingerprint density at radius 1 is 0.660 bits per heavy atom. The minimum atomic E-state index is -1.27. The highest BCUT2D eigenvalue weighted by molar-refractivity contribution is 6.39. The second-order valence-corrected chi connectivity index (χ2v) is 13.3. The van der Waals surface area contributed by atoms with Crippen molar-refractivity contribution in [3.63, 3.8) is 0 Å². The van der Waals surface area contributed by atoms with Crippen molar-refractivity contribution in [1.82, 2.24) is 26.6 Å². The molecular weight excluding hydrogens is 733 g/mol. The summed E-state index contributed by atoms with van der Waals surface area (Å²) in [5, 5.41) is 21.1. The molecule has 0 bridgehead atoms. The van der Waals surface area contributed by atoms with Crippen LogP contribution in [0.3, 0.4) is 0 Å². The molecule has 17 heteroatoms. The second kappa shape index (κ2) is 19.8. The Kier molecular flexibility index (Phi) is 15.6. The first-order valence-electron chi connectivity index (χ1n) is 16.1.